The second kappa shape index (κ2) is 18.3. The predicted molar refractivity (Wildman–Crippen MR) is 149 cm³/mol. The first-order valence-electron chi connectivity index (χ1n) is 12.0. The topological polar surface area (TPSA) is 128 Å². The van der Waals surface area contributed by atoms with E-state index in [1.54, 1.807) is 54.6 Å². The predicted octanol–water partition coefficient (Wildman–Crippen LogP) is 5.67. The van der Waals surface area contributed by atoms with E-state index in [1.165, 1.54) is 36.4 Å². The Morgan fingerprint density at radius 3 is 0.696 bits per heavy atom. The first kappa shape index (κ1) is 41.3. The van der Waals surface area contributed by atoms with Crippen molar-refractivity contribution in [2.75, 3.05) is 0 Å². The van der Waals surface area contributed by atoms with Crippen molar-refractivity contribution in [3.8, 4) is 0 Å². The first-order valence-corrected chi connectivity index (χ1v) is 12.0. The number of carbonyl (C=O) groups excluding carboxylic acids is 6. The Morgan fingerprint density at radius 1 is 0.370 bits per heavy atom. The smallest absolute Gasteiger partial charge is 0.313 e. The van der Waals surface area contributed by atoms with Gasteiger partial charge in [-0.2, -0.15) is 39.5 Å². The molecule has 0 spiro atoms. The summed E-state index contributed by atoms with van der Waals surface area (Å²) >= 11 is 0. The minimum Gasteiger partial charge on any atom is -0.313 e. The van der Waals surface area contributed by atoms with Crippen LogP contribution in [0.1, 0.15) is 16.7 Å². The van der Waals surface area contributed by atoms with Gasteiger partial charge in [0.2, 0.25) is 17.3 Å². The number of hydrogen-bond acceptors (Lipinski definition) is 0. The minimum absolute atomic E-state index is 0. The van der Waals surface area contributed by atoms with Crippen molar-refractivity contribution in [2.45, 2.75) is 18.5 Å². The molecule has 1 radical (unpaired) electrons. The molecule has 0 unspecified atom stereocenters. The molecule has 0 aromatic heterocycles. The Labute approximate surface area is 267 Å². The van der Waals surface area contributed by atoms with Crippen LogP contribution in [0.25, 0.3) is 0 Å². The summed E-state index contributed by atoms with van der Waals surface area (Å²) in [5, 5.41) is 0. The molecule has 0 atom stereocenters. The molecular formula is C30H24F9O6Ru+6. The molecule has 6 N–H and O–H groups in total. The zero-order chi connectivity index (χ0) is 34.4. The molecule has 0 saturated carbocycles. The number of ketones is 6. The van der Waals surface area contributed by atoms with Gasteiger partial charge in [0.15, 0.2) is 0 Å². The van der Waals surface area contributed by atoms with Crippen molar-refractivity contribution in [3.05, 3.63) is 127 Å². The summed E-state index contributed by atoms with van der Waals surface area (Å²) in [4.78, 5) is 53.4. The molecule has 245 valence electrons. The van der Waals surface area contributed by atoms with Crippen molar-refractivity contribution >= 4 is 34.7 Å². The number of alkyl halides is 9. The van der Waals surface area contributed by atoms with Crippen molar-refractivity contribution in [1.82, 2.24) is 0 Å². The van der Waals surface area contributed by atoms with E-state index in [1.807, 2.05) is 0 Å². The van der Waals surface area contributed by atoms with Gasteiger partial charge >= 0.3 is 55.4 Å². The average Bonchev–Trinajstić information content (AvgIpc) is 2.97. The van der Waals surface area contributed by atoms with Crippen LogP contribution in [0.2, 0.25) is 0 Å². The number of rotatable bonds is 9. The van der Waals surface area contributed by atoms with Crippen LogP contribution in [0.4, 0.5) is 39.5 Å². The molecule has 0 aliphatic carbocycles. The van der Waals surface area contributed by atoms with Gasteiger partial charge in [-0.3, -0.25) is 14.4 Å². The maximum atomic E-state index is 11.9. The van der Waals surface area contributed by atoms with Crippen molar-refractivity contribution < 1.29 is 87.8 Å². The maximum Gasteiger partial charge on any atom is 3.00 e. The van der Waals surface area contributed by atoms with Crippen LogP contribution >= 0.6 is 0 Å². The normalized spacial score (nSPS) is 10.6. The van der Waals surface area contributed by atoms with Gasteiger partial charge in [-0.15, -0.1) is 36.4 Å². The molecule has 0 bridgehead atoms. The molecule has 0 amide bonds. The fourth-order valence-corrected chi connectivity index (χ4v) is 2.71. The first-order chi connectivity index (χ1) is 20.7. The molecule has 6 nitrogen and oxygen atoms in total. The van der Waals surface area contributed by atoms with Crippen LogP contribution in [0.5, 0.6) is 0 Å². The molecule has 0 heterocycles. The molecule has 3 rings (SSSR count). The quantitative estimate of drug-likeness (QED) is 0.0667. The minimum atomic E-state index is -4.84. The fraction of sp³-hybridized carbons (Fsp3) is 0.100. The van der Waals surface area contributed by atoms with Gasteiger partial charge in [0.05, 0.1) is 0 Å². The van der Waals surface area contributed by atoms with E-state index >= 15 is 0 Å². The van der Waals surface area contributed by atoms with E-state index in [-0.39, 0.29) is 55.4 Å². The largest absolute Gasteiger partial charge is 3.00 e. The molecular weight excluding hydrogens is 728 g/mol. The Hall–Kier alpha value is -4.72. The fourth-order valence-electron chi connectivity index (χ4n) is 2.71. The summed E-state index contributed by atoms with van der Waals surface area (Å²) in [5.41, 5.74) is 0.606. The van der Waals surface area contributed by atoms with Crippen LogP contribution in [0, 0.1) is 19.3 Å². The monoisotopic (exact) mass is 753 g/mol. The molecule has 16 heteroatoms. The summed E-state index contributed by atoms with van der Waals surface area (Å²) in [6.07, 6.45) is -13.7. The van der Waals surface area contributed by atoms with E-state index in [9.17, 15) is 53.9 Å². The van der Waals surface area contributed by atoms with Gasteiger partial charge in [0, 0.05) is 19.3 Å². The summed E-state index contributed by atoms with van der Waals surface area (Å²) in [5.74, 6) is -7.39. The van der Waals surface area contributed by atoms with Crippen LogP contribution in [-0.4, -0.2) is 82.0 Å². The van der Waals surface area contributed by atoms with Crippen molar-refractivity contribution in [2.24, 2.45) is 0 Å². The Kier molecular flexibility index (Phi) is 16.4. The van der Waals surface area contributed by atoms with Gasteiger partial charge in [0.1, 0.15) is 0 Å². The van der Waals surface area contributed by atoms with E-state index in [2.05, 4.69) is 0 Å². The van der Waals surface area contributed by atoms with Gasteiger partial charge in [-0.25, -0.2) is 0 Å². The standard InChI is InChI=1S/3C10H6F3O2.Ru/c3*11-10(12,13)9(15)6-8(14)7-4-2-1-3-5-7;/h3*1-6H;/q3*-1;+3/p+6. The van der Waals surface area contributed by atoms with E-state index in [0.29, 0.717) is 0 Å². The van der Waals surface area contributed by atoms with Crippen LogP contribution in [-0.2, 0) is 19.5 Å². The summed E-state index contributed by atoms with van der Waals surface area (Å²) in [6.45, 7) is 0. The molecule has 0 fully saturated rings. The van der Waals surface area contributed by atoms with Crippen LogP contribution in [0.15, 0.2) is 91.0 Å². The summed E-state index contributed by atoms with van der Waals surface area (Å²) in [7, 11) is 0. The Balaban J connectivity index is 0.000000653. The third kappa shape index (κ3) is 15.3. The second-order valence-corrected chi connectivity index (χ2v) is 8.34. The average molecular weight is 753 g/mol. The number of halogens is 9. The summed E-state index contributed by atoms with van der Waals surface area (Å²) in [6, 6.07) is 22.9. The third-order valence-electron chi connectivity index (χ3n) is 4.90. The molecule has 3 aromatic rings. The number of hydrogen-bond donors (Lipinski definition) is 0. The van der Waals surface area contributed by atoms with Gasteiger partial charge in [-0.1, -0.05) is 71.3 Å². The Bertz CT molecular complexity index is 1290. The maximum absolute atomic E-state index is 11.9. The van der Waals surface area contributed by atoms with Crippen molar-refractivity contribution in [1.29, 1.82) is 0 Å². The van der Waals surface area contributed by atoms with E-state index < -0.39 is 53.2 Å². The SMILES string of the molecule is [OH+]=C([CH-]C(=[OH+])C(F)(F)F)c1ccccc1.[OH+]=C([CH-]C(=[OH+])C(F)(F)F)c1ccccc1.[OH+]=C([CH-]C(=[OH+])C(F)(F)F)c1ccccc1.[Ru+3]. The van der Waals surface area contributed by atoms with Gasteiger partial charge in [0.25, 0.3) is 0 Å². The summed E-state index contributed by atoms with van der Waals surface area (Å²) < 4.78 is 107. The van der Waals surface area contributed by atoms with Crippen LogP contribution < -0.4 is 0 Å². The molecule has 0 aliphatic heterocycles. The second-order valence-electron chi connectivity index (χ2n) is 8.34. The molecule has 3 aromatic carbocycles. The molecule has 0 saturated heterocycles. The van der Waals surface area contributed by atoms with E-state index in [0.717, 1.165) is 0 Å². The van der Waals surface area contributed by atoms with Crippen molar-refractivity contribution in [3.63, 3.8) is 0 Å². The Morgan fingerprint density at radius 2 is 0.543 bits per heavy atom. The number of benzene rings is 3. The van der Waals surface area contributed by atoms with Crippen LogP contribution in [0.3, 0.4) is 0 Å². The molecule has 0 aliphatic rings. The zero-order valence-electron chi connectivity index (χ0n) is 22.8. The molecule has 46 heavy (non-hydrogen) atoms. The van der Waals surface area contributed by atoms with E-state index in [4.69, 9.17) is 14.4 Å². The van der Waals surface area contributed by atoms with Gasteiger partial charge in [-0.05, 0) is 0 Å². The van der Waals surface area contributed by atoms with Gasteiger partial charge < -0.3 is 14.4 Å². The third-order valence-corrected chi connectivity index (χ3v) is 4.90. The zero-order valence-corrected chi connectivity index (χ0v) is 24.6.